The number of carbonyl (C=O) groups excluding carboxylic acids is 1. The Balaban J connectivity index is 1.65. The third kappa shape index (κ3) is 4.52. The molecule has 0 saturated carbocycles. The summed E-state index contributed by atoms with van der Waals surface area (Å²) >= 11 is 0. The quantitative estimate of drug-likeness (QED) is 0.717. The van der Waals surface area contributed by atoms with Crippen LogP contribution in [0.4, 0.5) is 5.69 Å². The normalized spacial score (nSPS) is 11.1. The molecular weight excluding hydrogens is 354 g/mol. The highest BCUT2D eigenvalue weighted by atomic mass is 32.2. The zero-order valence-corrected chi connectivity index (χ0v) is 14.8. The molecule has 1 amide bonds. The van der Waals surface area contributed by atoms with Gasteiger partial charge >= 0.3 is 0 Å². The minimum absolute atomic E-state index is 0.112. The van der Waals surface area contributed by atoms with Gasteiger partial charge in [0.25, 0.3) is 5.91 Å². The minimum atomic E-state index is -3.35. The van der Waals surface area contributed by atoms with E-state index in [2.05, 4.69) is 5.32 Å². The predicted molar refractivity (Wildman–Crippen MR) is 97.0 cm³/mol. The maximum absolute atomic E-state index is 12.3. The van der Waals surface area contributed by atoms with Crippen LogP contribution in [0.25, 0.3) is 0 Å². The monoisotopic (exact) mass is 371 g/mol. The summed E-state index contributed by atoms with van der Waals surface area (Å²) in [4.78, 5) is 12.4. The number of anilines is 1. The lowest BCUT2D eigenvalue weighted by molar-refractivity contribution is 0.0992. The second-order valence-corrected chi connectivity index (χ2v) is 7.64. The number of benzene rings is 2. The van der Waals surface area contributed by atoms with Crippen molar-refractivity contribution in [1.29, 1.82) is 0 Å². The number of hydrogen-bond donors (Lipinski definition) is 1. The van der Waals surface area contributed by atoms with Crippen molar-refractivity contribution in [3.05, 3.63) is 78.3 Å². The maximum Gasteiger partial charge on any atom is 0.291 e. The van der Waals surface area contributed by atoms with Gasteiger partial charge in [-0.1, -0.05) is 24.3 Å². The molecule has 0 saturated heterocycles. The molecule has 0 bridgehead atoms. The van der Waals surface area contributed by atoms with Crippen molar-refractivity contribution >= 4 is 21.4 Å². The molecule has 3 rings (SSSR count). The number of hydrogen-bond acceptors (Lipinski definition) is 5. The third-order valence-corrected chi connectivity index (χ3v) is 4.64. The average molecular weight is 371 g/mol. The Morgan fingerprint density at radius 1 is 1.04 bits per heavy atom. The van der Waals surface area contributed by atoms with E-state index >= 15 is 0 Å². The minimum Gasteiger partial charge on any atom is -0.486 e. The molecular formula is C19H17NO5S. The first-order chi connectivity index (χ1) is 12.4. The number of amides is 1. The van der Waals surface area contributed by atoms with E-state index in [1.54, 1.807) is 24.3 Å². The second kappa shape index (κ2) is 7.45. The largest absolute Gasteiger partial charge is 0.486 e. The summed E-state index contributed by atoms with van der Waals surface area (Å²) in [5, 5.41) is 2.62. The maximum atomic E-state index is 12.3. The lowest BCUT2D eigenvalue weighted by Crippen LogP contribution is -2.11. The summed E-state index contributed by atoms with van der Waals surface area (Å²) in [6, 6.07) is 18.5. The highest BCUT2D eigenvalue weighted by molar-refractivity contribution is 7.90. The van der Waals surface area contributed by atoms with Crippen LogP contribution >= 0.6 is 0 Å². The fraction of sp³-hybridized carbons (Fsp3) is 0.105. The first-order valence-corrected chi connectivity index (χ1v) is 9.69. The van der Waals surface area contributed by atoms with Gasteiger partial charge in [-0.25, -0.2) is 8.42 Å². The van der Waals surface area contributed by atoms with Crippen LogP contribution in [0, 0.1) is 0 Å². The Hall–Kier alpha value is -3.06. The third-order valence-electron chi connectivity index (χ3n) is 3.53. The van der Waals surface area contributed by atoms with Crippen molar-refractivity contribution in [2.45, 2.75) is 11.5 Å². The Morgan fingerprint density at radius 2 is 1.81 bits per heavy atom. The molecule has 0 atom stereocenters. The molecule has 7 heteroatoms. The molecule has 0 aliphatic rings. The van der Waals surface area contributed by atoms with Crippen LogP contribution in [0.15, 0.2) is 76.0 Å². The molecule has 1 N–H and O–H groups in total. The van der Waals surface area contributed by atoms with Crippen LogP contribution in [0.3, 0.4) is 0 Å². The smallest absolute Gasteiger partial charge is 0.291 e. The molecule has 0 unspecified atom stereocenters. The summed E-state index contributed by atoms with van der Waals surface area (Å²) in [6.07, 6.45) is 1.11. The van der Waals surface area contributed by atoms with Gasteiger partial charge in [-0.05, 0) is 42.5 Å². The second-order valence-electron chi connectivity index (χ2n) is 5.62. The van der Waals surface area contributed by atoms with E-state index in [9.17, 15) is 13.2 Å². The number of furan rings is 1. The van der Waals surface area contributed by atoms with Gasteiger partial charge in [-0.15, -0.1) is 0 Å². The topological polar surface area (TPSA) is 85.6 Å². The molecule has 0 aliphatic heterocycles. The predicted octanol–water partition coefficient (Wildman–Crippen LogP) is 3.51. The van der Waals surface area contributed by atoms with E-state index < -0.39 is 15.7 Å². The van der Waals surface area contributed by atoms with Crippen LogP contribution in [0.5, 0.6) is 5.75 Å². The molecule has 1 aromatic heterocycles. The van der Waals surface area contributed by atoms with Gasteiger partial charge in [0, 0.05) is 11.9 Å². The van der Waals surface area contributed by atoms with E-state index in [1.165, 1.54) is 12.1 Å². The number of ether oxygens (including phenoxy) is 1. The number of nitrogens with one attached hydrogen (secondary N) is 1. The van der Waals surface area contributed by atoms with Gasteiger partial charge < -0.3 is 14.5 Å². The van der Waals surface area contributed by atoms with Crippen LogP contribution in [-0.2, 0) is 16.4 Å². The average Bonchev–Trinajstić information content (AvgIpc) is 3.10. The highest BCUT2D eigenvalue weighted by Gasteiger charge is 2.13. The van der Waals surface area contributed by atoms with Crippen molar-refractivity contribution < 1.29 is 22.4 Å². The van der Waals surface area contributed by atoms with Crippen molar-refractivity contribution in [1.82, 2.24) is 0 Å². The van der Waals surface area contributed by atoms with Crippen LogP contribution in [0.2, 0.25) is 0 Å². The van der Waals surface area contributed by atoms with E-state index in [0.29, 0.717) is 17.2 Å². The Kier molecular flexibility index (Phi) is 5.09. The highest BCUT2D eigenvalue weighted by Crippen LogP contribution is 2.18. The lowest BCUT2D eigenvalue weighted by Gasteiger charge is -2.05. The fourth-order valence-electron chi connectivity index (χ4n) is 2.25. The summed E-state index contributed by atoms with van der Waals surface area (Å²) in [6.45, 7) is 0.195. The number of rotatable bonds is 6. The summed E-state index contributed by atoms with van der Waals surface area (Å²) in [7, 11) is -3.35. The molecule has 6 nitrogen and oxygen atoms in total. The van der Waals surface area contributed by atoms with Gasteiger partial charge in [-0.3, -0.25) is 4.79 Å². The summed E-state index contributed by atoms with van der Waals surface area (Å²) in [5.41, 5.74) is 0.372. The molecule has 0 fully saturated rings. The van der Waals surface area contributed by atoms with E-state index in [1.807, 2.05) is 30.3 Å². The number of sulfone groups is 1. The molecule has 0 radical (unpaired) electrons. The van der Waals surface area contributed by atoms with Gasteiger partial charge in [0.2, 0.25) is 0 Å². The van der Waals surface area contributed by atoms with E-state index in [0.717, 1.165) is 6.26 Å². The van der Waals surface area contributed by atoms with Gasteiger partial charge in [0.1, 0.15) is 18.1 Å². The van der Waals surface area contributed by atoms with Crippen molar-refractivity contribution in [3.63, 3.8) is 0 Å². The zero-order chi connectivity index (χ0) is 18.6. The number of para-hydroxylation sites is 1. The standard InChI is InChI=1S/C19H17NO5S/c1-26(22,23)17-9-5-6-14(12-17)20-19(21)18-11-10-16(25-18)13-24-15-7-3-2-4-8-15/h2-12H,13H2,1H3,(H,20,21). The SMILES string of the molecule is CS(=O)(=O)c1cccc(NC(=O)c2ccc(COc3ccccc3)o2)c1. The molecule has 26 heavy (non-hydrogen) atoms. The van der Waals surface area contributed by atoms with Gasteiger partial charge in [0.15, 0.2) is 15.6 Å². The Bertz CT molecular complexity index is 1010. The Morgan fingerprint density at radius 3 is 2.54 bits per heavy atom. The van der Waals surface area contributed by atoms with Crippen LogP contribution in [0.1, 0.15) is 16.3 Å². The summed E-state index contributed by atoms with van der Waals surface area (Å²) < 4.78 is 34.2. The number of carbonyl (C=O) groups is 1. The zero-order valence-electron chi connectivity index (χ0n) is 14.0. The summed E-state index contributed by atoms with van der Waals surface area (Å²) in [5.74, 6) is 0.847. The molecule has 0 spiro atoms. The Labute approximate surface area is 151 Å². The molecule has 1 heterocycles. The fourth-order valence-corrected chi connectivity index (χ4v) is 2.91. The molecule has 0 aliphatic carbocycles. The van der Waals surface area contributed by atoms with Crippen molar-refractivity contribution in [2.75, 3.05) is 11.6 Å². The van der Waals surface area contributed by atoms with Gasteiger partial charge in [-0.2, -0.15) is 0 Å². The lowest BCUT2D eigenvalue weighted by atomic mass is 10.3. The van der Waals surface area contributed by atoms with E-state index in [-0.39, 0.29) is 17.3 Å². The molecule has 3 aromatic rings. The van der Waals surface area contributed by atoms with Crippen LogP contribution in [-0.4, -0.2) is 20.6 Å². The van der Waals surface area contributed by atoms with Crippen molar-refractivity contribution in [2.24, 2.45) is 0 Å². The van der Waals surface area contributed by atoms with E-state index in [4.69, 9.17) is 9.15 Å². The van der Waals surface area contributed by atoms with Crippen molar-refractivity contribution in [3.8, 4) is 5.75 Å². The first-order valence-electron chi connectivity index (χ1n) is 7.80. The molecule has 2 aromatic carbocycles. The van der Waals surface area contributed by atoms with Gasteiger partial charge in [0.05, 0.1) is 4.90 Å². The van der Waals surface area contributed by atoms with Crippen LogP contribution < -0.4 is 10.1 Å². The molecule has 134 valence electrons. The first kappa shape index (κ1) is 17.8.